The molecule has 0 saturated carbocycles. The maximum absolute atomic E-state index is 10.5. The minimum Gasteiger partial charge on any atom is -0.388 e. The van der Waals surface area contributed by atoms with Crippen LogP contribution in [0.5, 0.6) is 0 Å². The van der Waals surface area contributed by atoms with Crippen LogP contribution < -0.4 is 5.32 Å². The van der Waals surface area contributed by atoms with E-state index in [0.29, 0.717) is 18.0 Å². The summed E-state index contributed by atoms with van der Waals surface area (Å²) in [6, 6.07) is 0.427. The van der Waals surface area contributed by atoms with Crippen molar-refractivity contribution in [1.29, 1.82) is 0 Å². The Balaban J connectivity index is 2.45. The fourth-order valence-electron chi connectivity index (χ4n) is 3.14. The number of β-amino-alcohol motifs (C(OH)–C–C–N with tert-alkyl or cyclic N) is 1. The molecule has 1 saturated heterocycles. The van der Waals surface area contributed by atoms with Gasteiger partial charge in [0.05, 0.1) is 5.60 Å². The first kappa shape index (κ1) is 17.9. The van der Waals surface area contributed by atoms with Crippen LogP contribution in [0, 0.1) is 11.3 Å². The van der Waals surface area contributed by atoms with Gasteiger partial charge in [-0.1, -0.05) is 34.6 Å². The average molecular weight is 284 g/mol. The summed E-state index contributed by atoms with van der Waals surface area (Å²) in [6.45, 7) is 17.0. The second-order valence-corrected chi connectivity index (χ2v) is 8.30. The Morgan fingerprint density at radius 1 is 1.15 bits per heavy atom. The van der Waals surface area contributed by atoms with Crippen LogP contribution in [0.25, 0.3) is 0 Å². The SMILES string of the molecule is CC(C)NCC(C)(O)CN1CCCC(C(C)(C)C)CC1. The number of aliphatic hydroxyl groups is 1. The molecule has 2 N–H and O–H groups in total. The first-order valence-corrected chi connectivity index (χ1v) is 8.28. The summed E-state index contributed by atoms with van der Waals surface area (Å²) in [4.78, 5) is 2.45. The number of hydrogen-bond acceptors (Lipinski definition) is 3. The third-order valence-corrected chi connectivity index (χ3v) is 4.50. The molecule has 2 atom stereocenters. The summed E-state index contributed by atoms with van der Waals surface area (Å²) in [6.07, 6.45) is 3.85. The van der Waals surface area contributed by atoms with Gasteiger partial charge in [0, 0.05) is 19.1 Å². The van der Waals surface area contributed by atoms with E-state index in [0.717, 1.165) is 25.6 Å². The molecule has 0 amide bonds. The second kappa shape index (κ2) is 7.24. The highest BCUT2D eigenvalue weighted by Crippen LogP contribution is 2.34. The van der Waals surface area contributed by atoms with E-state index in [1.54, 1.807) is 0 Å². The summed E-state index contributed by atoms with van der Waals surface area (Å²) in [5, 5.41) is 13.9. The van der Waals surface area contributed by atoms with Crippen molar-refractivity contribution in [2.75, 3.05) is 26.2 Å². The smallest absolute Gasteiger partial charge is 0.0869 e. The van der Waals surface area contributed by atoms with E-state index in [2.05, 4.69) is 44.8 Å². The fraction of sp³-hybridized carbons (Fsp3) is 1.00. The Morgan fingerprint density at radius 3 is 2.35 bits per heavy atom. The van der Waals surface area contributed by atoms with Gasteiger partial charge >= 0.3 is 0 Å². The monoisotopic (exact) mass is 284 g/mol. The van der Waals surface area contributed by atoms with Crippen LogP contribution in [0.1, 0.15) is 60.8 Å². The van der Waals surface area contributed by atoms with Gasteiger partial charge < -0.3 is 15.3 Å². The minimum atomic E-state index is -0.633. The van der Waals surface area contributed by atoms with Gasteiger partial charge in [0.15, 0.2) is 0 Å². The summed E-state index contributed by atoms with van der Waals surface area (Å²) < 4.78 is 0. The van der Waals surface area contributed by atoms with Gasteiger partial charge in [0.2, 0.25) is 0 Å². The van der Waals surface area contributed by atoms with E-state index in [9.17, 15) is 5.11 Å². The number of likely N-dealkylation sites (tertiary alicyclic amines) is 1. The molecule has 1 aliphatic heterocycles. The first-order chi connectivity index (χ1) is 9.10. The average Bonchev–Trinajstić information content (AvgIpc) is 2.51. The van der Waals surface area contributed by atoms with Crippen molar-refractivity contribution >= 4 is 0 Å². The molecule has 0 aromatic rings. The zero-order valence-corrected chi connectivity index (χ0v) is 14.5. The molecule has 3 nitrogen and oxygen atoms in total. The van der Waals surface area contributed by atoms with Crippen molar-refractivity contribution in [3.05, 3.63) is 0 Å². The van der Waals surface area contributed by atoms with Crippen LogP contribution in [0.2, 0.25) is 0 Å². The zero-order valence-electron chi connectivity index (χ0n) is 14.5. The quantitative estimate of drug-likeness (QED) is 0.815. The Hall–Kier alpha value is -0.120. The van der Waals surface area contributed by atoms with Crippen molar-refractivity contribution in [3.63, 3.8) is 0 Å². The second-order valence-electron chi connectivity index (χ2n) is 8.30. The molecule has 0 radical (unpaired) electrons. The van der Waals surface area contributed by atoms with Gasteiger partial charge in [-0.15, -0.1) is 0 Å². The third kappa shape index (κ3) is 6.55. The summed E-state index contributed by atoms with van der Waals surface area (Å²) in [7, 11) is 0. The van der Waals surface area contributed by atoms with Crippen LogP contribution in [-0.2, 0) is 0 Å². The van der Waals surface area contributed by atoms with E-state index in [1.807, 2.05) is 6.92 Å². The lowest BCUT2D eigenvalue weighted by Gasteiger charge is -2.32. The molecule has 1 rings (SSSR count). The number of nitrogens with one attached hydrogen (secondary N) is 1. The maximum atomic E-state index is 10.5. The predicted octanol–water partition coefficient (Wildman–Crippen LogP) is 2.88. The molecular weight excluding hydrogens is 248 g/mol. The Bertz CT molecular complexity index is 281. The van der Waals surface area contributed by atoms with Gasteiger partial charge in [-0.05, 0) is 50.6 Å². The number of nitrogens with zero attached hydrogens (tertiary/aromatic N) is 1. The van der Waals surface area contributed by atoms with Crippen LogP contribution in [0.3, 0.4) is 0 Å². The molecule has 0 bridgehead atoms. The van der Waals surface area contributed by atoms with Gasteiger partial charge in [0.25, 0.3) is 0 Å². The molecule has 1 heterocycles. The third-order valence-electron chi connectivity index (χ3n) is 4.50. The highest BCUT2D eigenvalue weighted by Gasteiger charge is 2.29. The van der Waals surface area contributed by atoms with Crippen molar-refractivity contribution < 1.29 is 5.11 Å². The van der Waals surface area contributed by atoms with Crippen LogP contribution in [0.4, 0.5) is 0 Å². The molecule has 2 unspecified atom stereocenters. The van der Waals surface area contributed by atoms with Gasteiger partial charge in [-0.3, -0.25) is 0 Å². The van der Waals surface area contributed by atoms with E-state index in [-0.39, 0.29) is 0 Å². The van der Waals surface area contributed by atoms with Crippen LogP contribution in [0.15, 0.2) is 0 Å². The topological polar surface area (TPSA) is 35.5 Å². The highest BCUT2D eigenvalue weighted by molar-refractivity contribution is 4.84. The maximum Gasteiger partial charge on any atom is 0.0869 e. The van der Waals surface area contributed by atoms with E-state index < -0.39 is 5.60 Å². The lowest BCUT2D eigenvalue weighted by molar-refractivity contribution is 0.0189. The minimum absolute atomic E-state index is 0.414. The molecular formula is C17H36N2O. The molecule has 1 aliphatic rings. The largest absolute Gasteiger partial charge is 0.388 e. The summed E-state index contributed by atoms with van der Waals surface area (Å²) >= 11 is 0. The van der Waals surface area contributed by atoms with Gasteiger partial charge in [-0.2, -0.15) is 0 Å². The molecule has 120 valence electrons. The number of hydrogen-bond donors (Lipinski definition) is 2. The highest BCUT2D eigenvalue weighted by atomic mass is 16.3. The molecule has 3 heteroatoms. The molecule has 20 heavy (non-hydrogen) atoms. The Morgan fingerprint density at radius 2 is 1.80 bits per heavy atom. The van der Waals surface area contributed by atoms with Crippen molar-refractivity contribution in [2.24, 2.45) is 11.3 Å². The molecule has 0 aromatic carbocycles. The van der Waals surface area contributed by atoms with Crippen LogP contribution in [-0.4, -0.2) is 47.8 Å². The summed E-state index contributed by atoms with van der Waals surface area (Å²) in [5.74, 6) is 0.811. The fourth-order valence-corrected chi connectivity index (χ4v) is 3.14. The normalized spacial score (nSPS) is 25.5. The van der Waals surface area contributed by atoms with Gasteiger partial charge in [0.1, 0.15) is 0 Å². The standard InChI is InChI=1S/C17H36N2O/c1-14(2)18-12-17(6,20)13-19-10-7-8-15(9-11-19)16(3,4)5/h14-15,18,20H,7-13H2,1-6H3. The van der Waals surface area contributed by atoms with E-state index in [1.165, 1.54) is 19.3 Å². The molecule has 1 fully saturated rings. The predicted molar refractivity (Wildman–Crippen MR) is 87.0 cm³/mol. The Kier molecular flexibility index (Phi) is 6.49. The molecule has 0 aliphatic carbocycles. The lowest BCUT2D eigenvalue weighted by Crippen LogP contribution is -2.49. The van der Waals surface area contributed by atoms with Crippen molar-refractivity contribution in [3.8, 4) is 0 Å². The van der Waals surface area contributed by atoms with Crippen molar-refractivity contribution in [1.82, 2.24) is 10.2 Å². The molecule has 0 spiro atoms. The first-order valence-electron chi connectivity index (χ1n) is 8.28. The van der Waals surface area contributed by atoms with Crippen molar-refractivity contribution in [2.45, 2.75) is 72.4 Å². The molecule has 0 aromatic heterocycles. The van der Waals surface area contributed by atoms with Gasteiger partial charge in [-0.25, -0.2) is 0 Å². The Labute approximate surface area is 126 Å². The lowest BCUT2D eigenvalue weighted by atomic mass is 9.77. The summed E-state index contributed by atoms with van der Waals surface area (Å²) in [5.41, 5.74) is -0.219. The van der Waals surface area contributed by atoms with E-state index in [4.69, 9.17) is 0 Å². The van der Waals surface area contributed by atoms with E-state index >= 15 is 0 Å². The zero-order chi connectivity index (χ0) is 15.4. The number of rotatable bonds is 5. The van der Waals surface area contributed by atoms with Crippen LogP contribution >= 0.6 is 0 Å².